The summed E-state index contributed by atoms with van der Waals surface area (Å²) in [5, 5.41) is 3.16. The van der Waals surface area contributed by atoms with Crippen molar-refractivity contribution >= 4 is 21.7 Å². The molecule has 18 heavy (non-hydrogen) atoms. The van der Waals surface area contributed by atoms with Gasteiger partial charge >= 0.3 is 0 Å². The highest BCUT2D eigenvalue weighted by Gasteiger charge is 2.12. The number of hydrogen-bond acceptors (Lipinski definition) is 4. The lowest BCUT2D eigenvalue weighted by Gasteiger charge is -2.12. The van der Waals surface area contributed by atoms with Gasteiger partial charge in [-0.25, -0.2) is 9.97 Å². The number of nitrogens with zero attached hydrogens (tertiary/aromatic N) is 2. The van der Waals surface area contributed by atoms with E-state index >= 15 is 0 Å². The van der Waals surface area contributed by atoms with Gasteiger partial charge in [-0.2, -0.15) is 0 Å². The summed E-state index contributed by atoms with van der Waals surface area (Å²) in [6.45, 7) is 2.80. The smallest absolute Gasteiger partial charge is 0.187 e. The monoisotopic (exact) mass is 307 g/mol. The van der Waals surface area contributed by atoms with Crippen LogP contribution in [0.2, 0.25) is 0 Å². The van der Waals surface area contributed by atoms with E-state index in [9.17, 15) is 0 Å². The fourth-order valence-electron chi connectivity index (χ4n) is 1.67. The number of ether oxygens (including phenoxy) is 1. The Bertz CT molecular complexity index is 528. The summed E-state index contributed by atoms with van der Waals surface area (Å²) in [6, 6.07) is 7.93. The average molecular weight is 308 g/mol. The molecule has 0 atom stereocenters. The molecular weight excluding hydrogens is 294 g/mol. The zero-order valence-corrected chi connectivity index (χ0v) is 11.9. The van der Waals surface area contributed by atoms with E-state index in [1.807, 2.05) is 31.2 Å². The van der Waals surface area contributed by atoms with Crippen LogP contribution >= 0.6 is 15.9 Å². The van der Waals surface area contributed by atoms with E-state index < -0.39 is 0 Å². The maximum Gasteiger partial charge on any atom is 0.187 e. The molecular formula is C13H14BrN3O. The van der Waals surface area contributed by atoms with E-state index in [0.717, 1.165) is 22.3 Å². The van der Waals surface area contributed by atoms with E-state index in [4.69, 9.17) is 4.74 Å². The molecule has 0 amide bonds. The van der Waals surface area contributed by atoms with Crippen LogP contribution in [0.15, 0.2) is 35.1 Å². The molecule has 0 radical (unpaired) electrons. The van der Waals surface area contributed by atoms with Gasteiger partial charge in [-0.3, -0.25) is 0 Å². The number of nitrogens with one attached hydrogen (secondary N) is 1. The Balaban J connectivity index is 2.49. The molecule has 0 spiro atoms. The van der Waals surface area contributed by atoms with Crippen molar-refractivity contribution in [3.05, 3.63) is 35.1 Å². The summed E-state index contributed by atoms with van der Waals surface area (Å²) < 4.78 is 6.45. The number of halogens is 1. The van der Waals surface area contributed by atoms with Crippen molar-refractivity contribution in [2.24, 2.45) is 0 Å². The number of methoxy groups -OCH3 is 1. The zero-order valence-electron chi connectivity index (χ0n) is 10.3. The molecule has 0 bridgehead atoms. The predicted molar refractivity (Wildman–Crippen MR) is 75.9 cm³/mol. The first-order chi connectivity index (χ1) is 8.76. The minimum atomic E-state index is 0.668. The van der Waals surface area contributed by atoms with E-state index in [-0.39, 0.29) is 0 Å². The summed E-state index contributed by atoms with van der Waals surface area (Å²) in [5.41, 5.74) is 1.78. The summed E-state index contributed by atoms with van der Waals surface area (Å²) in [6.07, 6.45) is 1.54. The van der Waals surface area contributed by atoms with Crippen LogP contribution in [-0.4, -0.2) is 23.6 Å². The van der Waals surface area contributed by atoms with Gasteiger partial charge in [0.15, 0.2) is 11.6 Å². The van der Waals surface area contributed by atoms with E-state index in [2.05, 4.69) is 31.2 Å². The van der Waals surface area contributed by atoms with Crippen LogP contribution in [0.1, 0.15) is 6.92 Å². The van der Waals surface area contributed by atoms with Crippen LogP contribution < -0.4 is 10.1 Å². The molecule has 1 heterocycles. The second-order valence-electron chi connectivity index (χ2n) is 3.64. The Morgan fingerprint density at radius 1 is 1.22 bits per heavy atom. The molecule has 1 aromatic carbocycles. The molecule has 4 nitrogen and oxygen atoms in total. The number of aromatic nitrogens is 2. The number of rotatable bonds is 4. The van der Waals surface area contributed by atoms with Crippen molar-refractivity contribution in [1.29, 1.82) is 0 Å². The molecule has 0 saturated heterocycles. The van der Waals surface area contributed by atoms with Crippen LogP contribution in [-0.2, 0) is 0 Å². The molecule has 0 unspecified atom stereocenters. The van der Waals surface area contributed by atoms with Gasteiger partial charge in [0.25, 0.3) is 0 Å². The highest BCUT2D eigenvalue weighted by molar-refractivity contribution is 9.10. The third-order valence-electron chi connectivity index (χ3n) is 2.47. The third kappa shape index (κ3) is 2.61. The Morgan fingerprint density at radius 2 is 1.94 bits per heavy atom. The molecule has 0 aliphatic heterocycles. The number of hydrogen-bond donors (Lipinski definition) is 1. The fourth-order valence-corrected chi connectivity index (χ4v) is 1.94. The van der Waals surface area contributed by atoms with Crippen molar-refractivity contribution in [1.82, 2.24) is 9.97 Å². The molecule has 2 rings (SSSR count). The predicted octanol–water partition coefficient (Wildman–Crippen LogP) is 3.35. The highest BCUT2D eigenvalue weighted by Crippen LogP contribution is 2.33. The van der Waals surface area contributed by atoms with Crippen LogP contribution in [0.5, 0.6) is 5.75 Å². The second-order valence-corrected chi connectivity index (χ2v) is 4.56. The van der Waals surface area contributed by atoms with Crippen molar-refractivity contribution in [3.8, 4) is 17.0 Å². The van der Waals surface area contributed by atoms with Gasteiger partial charge < -0.3 is 10.1 Å². The quantitative estimate of drug-likeness (QED) is 0.941. The van der Waals surface area contributed by atoms with Gasteiger partial charge in [-0.15, -0.1) is 0 Å². The Kier molecular flexibility index (Phi) is 4.15. The fraction of sp³-hybridized carbons (Fsp3) is 0.231. The number of anilines is 1. The summed E-state index contributed by atoms with van der Waals surface area (Å²) in [5.74, 6) is 1.38. The van der Waals surface area contributed by atoms with Crippen molar-refractivity contribution < 1.29 is 4.74 Å². The lowest BCUT2D eigenvalue weighted by molar-refractivity contribution is 0.414. The van der Waals surface area contributed by atoms with Crippen molar-refractivity contribution in [2.75, 3.05) is 19.0 Å². The number of benzene rings is 1. The largest absolute Gasteiger partial charge is 0.491 e. The van der Waals surface area contributed by atoms with Gasteiger partial charge in [0.05, 0.1) is 7.11 Å². The van der Waals surface area contributed by atoms with E-state index in [1.54, 1.807) is 7.11 Å². The summed E-state index contributed by atoms with van der Waals surface area (Å²) >= 11 is 3.42. The maximum absolute atomic E-state index is 5.41. The molecule has 2 aromatic rings. The maximum atomic E-state index is 5.41. The second kappa shape index (κ2) is 5.82. The standard InChI is InChI=1S/C13H14BrN3O/c1-3-15-13-12(18-2)11(16-8-17-13)9-4-6-10(14)7-5-9/h4-8H,3H2,1-2H3,(H,15,16,17). The molecule has 1 aromatic heterocycles. The lowest BCUT2D eigenvalue weighted by Crippen LogP contribution is -2.04. The molecule has 0 fully saturated rings. The molecule has 0 aliphatic carbocycles. The van der Waals surface area contributed by atoms with Crippen LogP contribution in [0.3, 0.4) is 0 Å². The first-order valence-corrected chi connectivity index (χ1v) is 6.44. The first-order valence-electron chi connectivity index (χ1n) is 5.65. The molecule has 5 heteroatoms. The van der Waals surface area contributed by atoms with Gasteiger partial charge in [-0.1, -0.05) is 28.1 Å². The Morgan fingerprint density at radius 3 is 2.56 bits per heavy atom. The van der Waals surface area contributed by atoms with Gasteiger partial charge in [0.2, 0.25) is 0 Å². The van der Waals surface area contributed by atoms with Crippen LogP contribution in [0.4, 0.5) is 5.82 Å². The van der Waals surface area contributed by atoms with Crippen molar-refractivity contribution in [2.45, 2.75) is 6.92 Å². The van der Waals surface area contributed by atoms with Gasteiger partial charge in [0.1, 0.15) is 12.0 Å². The summed E-state index contributed by atoms with van der Waals surface area (Å²) in [4.78, 5) is 8.49. The van der Waals surface area contributed by atoms with Gasteiger partial charge in [0, 0.05) is 16.6 Å². The lowest BCUT2D eigenvalue weighted by atomic mass is 10.1. The molecule has 0 aliphatic rings. The van der Waals surface area contributed by atoms with Crippen molar-refractivity contribution in [3.63, 3.8) is 0 Å². The topological polar surface area (TPSA) is 47.0 Å². The van der Waals surface area contributed by atoms with Crippen LogP contribution in [0, 0.1) is 0 Å². The normalized spacial score (nSPS) is 10.2. The van der Waals surface area contributed by atoms with E-state index in [0.29, 0.717) is 11.6 Å². The summed E-state index contributed by atoms with van der Waals surface area (Å²) in [7, 11) is 1.63. The minimum Gasteiger partial charge on any atom is -0.491 e. The SMILES string of the molecule is CCNc1ncnc(-c2ccc(Br)cc2)c1OC. The Labute approximate surface area is 115 Å². The van der Waals surface area contributed by atoms with Gasteiger partial charge in [-0.05, 0) is 19.1 Å². The van der Waals surface area contributed by atoms with Crippen LogP contribution in [0.25, 0.3) is 11.3 Å². The third-order valence-corrected chi connectivity index (χ3v) is 3.00. The Hall–Kier alpha value is -1.62. The average Bonchev–Trinajstić information content (AvgIpc) is 2.40. The highest BCUT2D eigenvalue weighted by atomic mass is 79.9. The first kappa shape index (κ1) is 12.8. The zero-order chi connectivity index (χ0) is 13.0. The minimum absolute atomic E-state index is 0.668. The molecule has 94 valence electrons. The molecule has 1 N–H and O–H groups in total. The molecule has 0 saturated carbocycles. The van der Waals surface area contributed by atoms with E-state index in [1.165, 1.54) is 6.33 Å².